The Kier molecular flexibility index (Phi) is 5.19. The van der Waals surface area contributed by atoms with Crippen molar-refractivity contribution in [2.45, 2.75) is 6.54 Å². The van der Waals surface area contributed by atoms with E-state index in [0.29, 0.717) is 5.56 Å². The molecule has 2 rings (SSSR count). The minimum atomic E-state index is -0.907. The van der Waals surface area contributed by atoms with Crippen molar-refractivity contribution in [3.8, 4) is 0 Å². The summed E-state index contributed by atoms with van der Waals surface area (Å²) in [7, 11) is 0. The Morgan fingerprint density at radius 1 is 1.00 bits per heavy atom. The highest BCUT2D eigenvalue weighted by Crippen LogP contribution is 2.07. The van der Waals surface area contributed by atoms with Gasteiger partial charge in [0.05, 0.1) is 5.56 Å². The second-order valence-corrected chi connectivity index (χ2v) is 4.46. The fourth-order valence-corrected chi connectivity index (χ4v) is 1.69. The molecule has 4 nitrogen and oxygen atoms in total. The molecule has 0 aliphatic rings. The maximum Gasteiger partial charge on any atom is 0.341 e. The quantitative estimate of drug-likeness (QED) is 0.863. The number of rotatable bonds is 5. The van der Waals surface area contributed by atoms with Crippen LogP contribution in [0, 0.1) is 11.6 Å². The molecule has 0 saturated heterocycles. The molecule has 0 aliphatic carbocycles. The van der Waals surface area contributed by atoms with Gasteiger partial charge in [0.25, 0.3) is 5.91 Å². The average Bonchev–Trinajstić information content (AvgIpc) is 2.52. The van der Waals surface area contributed by atoms with Gasteiger partial charge in [-0.2, -0.15) is 0 Å². The third-order valence-corrected chi connectivity index (χ3v) is 2.83. The Morgan fingerprint density at radius 2 is 1.68 bits per heavy atom. The lowest BCUT2D eigenvalue weighted by Crippen LogP contribution is -2.28. The molecule has 0 aromatic heterocycles. The minimum absolute atomic E-state index is 0.177. The number of carbonyl (C=O) groups is 2. The number of esters is 1. The van der Waals surface area contributed by atoms with Crippen LogP contribution in [0.2, 0.25) is 0 Å². The highest BCUT2D eigenvalue weighted by molar-refractivity contribution is 5.91. The summed E-state index contributed by atoms with van der Waals surface area (Å²) < 4.78 is 30.8. The lowest BCUT2D eigenvalue weighted by Gasteiger charge is -2.07. The van der Waals surface area contributed by atoms with Crippen molar-refractivity contribution in [2.24, 2.45) is 0 Å². The smallest absolute Gasteiger partial charge is 0.341 e. The molecule has 0 unspecified atom stereocenters. The van der Waals surface area contributed by atoms with Gasteiger partial charge in [-0.1, -0.05) is 24.3 Å². The lowest BCUT2D eigenvalue weighted by molar-refractivity contribution is -0.124. The summed E-state index contributed by atoms with van der Waals surface area (Å²) in [5.41, 5.74) is 0.476. The van der Waals surface area contributed by atoms with E-state index < -0.39 is 24.3 Å². The molecular formula is C16H13F2NO3. The Labute approximate surface area is 125 Å². The summed E-state index contributed by atoms with van der Waals surface area (Å²) in [6.45, 7) is -0.343. The van der Waals surface area contributed by atoms with Crippen LogP contribution in [0.4, 0.5) is 8.78 Å². The first-order valence-electron chi connectivity index (χ1n) is 6.49. The van der Waals surface area contributed by atoms with Crippen LogP contribution in [0.1, 0.15) is 15.9 Å². The molecule has 114 valence electrons. The third kappa shape index (κ3) is 4.37. The van der Waals surface area contributed by atoms with Crippen molar-refractivity contribution in [1.82, 2.24) is 5.32 Å². The largest absolute Gasteiger partial charge is 0.452 e. The van der Waals surface area contributed by atoms with E-state index in [-0.39, 0.29) is 17.9 Å². The van der Waals surface area contributed by atoms with E-state index in [2.05, 4.69) is 5.32 Å². The second-order valence-electron chi connectivity index (χ2n) is 4.46. The number of hydrogen-bond acceptors (Lipinski definition) is 3. The van der Waals surface area contributed by atoms with Gasteiger partial charge in [-0.25, -0.2) is 13.6 Å². The van der Waals surface area contributed by atoms with Gasteiger partial charge >= 0.3 is 5.97 Å². The summed E-state index contributed by atoms with van der Waals surface area (Å²) in [6, 6.07) is 11.0. The van der Waals surface area contributed by atoms with Gasteiger partial charge in [0.2, 0.25) is 0 Å². The van der Waals surface area contributed by atoms with E-state index in [1.165, 1.54) is 42.5 Å². The van der Waals surface area contributed by atoms with Crippen LogP contribution in [0.5, 0.6) is 0 Å². The molecule has 1 amide bonds. The monoisotopic (exact) mass is 305 g/mol. The fourth-order valence-electron chi connectivity index (χ4n) is 1.69. The molecular weight excluding hydrogens is 292 g/mol. The van der Waals surface area contributed by atoms with E-state index in [4.69, 9.17) is 4.74 Å². The molecule has 0 heterocycles. The van der Waals surface area contributed by atoms with Crippen molar-refractivity contribution in [1.29, 1.82) is 0 Å². The first-order valence-corrected chi connectivity index (χ1v) is 6.49. The Morgan fingerprint density at radius 3 is 2.36 bits per heavy atom. The van der Waals surface area contributed by atoms with Crippen LogP contribution in [0.3, 0.4) is 0 Å². The number of halogens is 2. The highest BCUT2D eigenvalue weighted by Gasteiger charge is 2.13. The molecule has 6 heteroatoms. The molecule has 0 saturated carbocycles. The van der Waals surface area contributed by atoms with Crippen LogP contribution >= 0.6 is 0 Å². The van der Waals surface area contributed by atoms with Crippen LogP contribution in [0.25, 0.3) is 0 Å². The predicted molar refractivity (Wildman–Crippen MR) is 74.9 cm³/mol. The third-order valence-electron chi connectivity index (χ3n) is 2.83. The number of carbonyl (C=O) groups excluding carboxylic acids is 2. The van der Waals surface area contributed by atoms with Gasteiger partial charge in [0.15, 0.2) is 6.61 Å². The Bertz CT molecular complexity index is 671. The zero-order valence-electron chi connectivity index (χ0n) is 11.5. The van der Waals surface area contributed by atoms with E-state index in [1.807, 2.05) is 0 Å². The molecule has 0 bridgehead atoms. The van der Waals surface area contributed by atoms with E-state index in [9.17, 15) is 18.4 Å². The number of ether oxygens (including phenoxy) is 1. The summed E-state index contributed by atoms with van der Waals surface area (Å²) >= 11 is 0. The summed E-state index contributed by atoms with van der Waals surface area (Å²) in [5, 5.41) is 2.51. The fraction of sp³-hybridized carbons (Fsp3) is 0.125. The normalized spacial score (nSPS) is 10.1. The zero-order chi connectivity index (χ0) is 15.9. The maximum absolute atomic E-state index is 13.3. The maximum atomic E-state index is 13.3. The standard InChI is InChI=1S/C16H13F2NO3/c17-12-7-5-11(6-8-12)9-19-15(20)10-22-16(21)13-3-1-2-4-14(13)18/h1-8H,9-10H2,(H,19,20). The van der Waals surface area contributed by atoms with Crippen molar-refractivity contribution in [3.63, 3.8) is 0 Å². The minimum Gasteiger partial charge on any atom is -0.452 e. The molecule has 2 aromatic carbocycles. The van der Waals surface area contributed by atoms with Crippen molar-refractivity contribution in [3.05, 3.63) is 71.3 Å². The van der Waals surface area contributed by atoms with Crippen LogP contribution in [0.15, 0.2) is 48.5 Å². The summed E-state index contributed by atoms with van der Waals surface area (Å²) in [5.74, 6) is -2.52. The lowest BCUT2D eigenvalue weighted by atomic mass is 10.2. The molecule has 0 atom stereocenters. The highest BCUT2D eigenvalue weighted by atomic mass is 19.1. The molecule has 0 radical (unpaired) electrons. The molecule has 22 heavy (non-hydrogen) atoms. The first kappa shape index (κ1) is 15.6. The first-order chi connectivity index (χ1) is 10.6. The molecule has 1 N–H and O–H groups in total. The average molecular weight is 305 g/mol. The van der Waals surface area contributed by atoms with Gasteiger partial charge < -0.3 is 10.1 Å². The molecule has 0 spiro atoms. The number of amides is 1. The molecule has 0 aliphatic heterocycles. The van der Waals surface area contributed by atoms with Crippen LogP contribution < -0.4 is 5.32 Å². The van der Waals surface area contributed by atoms with E-state index in [0.717, 1.165) is 6.07 Å². The SMILES string of the molecule is O=C(COC(=O)c1ccccc1F)NCc1ccc(F)cc1. The number of hydrogen-bond donors (Lipinski definition) is 1. The van der Waals surface area contributed by atoms with Gasteiger partial charge in [-0.3, -0.25) is 4.79 Å². The zero-order valence-corrected chi connectivity index (χ0v) is 11.5. The van der Waals surface area contributed by atoms with Crippen molar-refractivity contribution in [2.75, 3.05) is 6.61 Å². The topological polar surface area (TPSA) is 55.4 Å². The van der Waals surface area contributed by atoms with Crippen molar-refractivity contribution < 1.29 is 23.1 Å². The number of benzene rings is 2. The van der Waals surface area contributed by atoms with Gasteiger partial charge in [-0.05, 0) is 29.8 Å². The molecule has 0 fully saturated rings. The second kappa shape index (κ2) is 7.31. The van der Waals surface area contributed by atoms with E-state index >= 15 is 0 Å². The summed E-state index contributed by atoms with van der Waals surface area (Å²) in [6.07, 6.45) is 0. The van der Waals surface area contributed by atoms with Crippen LogP contribution in [-0.4, -0.2) is 18.5 Å². The molecule has 2 aromatic rings. The number of nitrogens with one attached hydrogen (secondary N) is 1. The summed E-state index contributed by atoms with van der Waals surface area (Å²) in [4.78, 5) is 23.1. The van der Waals surface area contributed by atoms with Gasteiger partial charge in [-0.15, -0.1) is 0 Å². The predicted octanol–water partition coefficient (Wildman–Crippen LogP) is 2.44. The van der Waals surface area contributed by atoms with Gasteiger partial charge in [0, 0.05) is 6.54 Å². The van der Waals surface area contributed by atoms with Gasteiger partial charge in [0.1, 0.15) is 11.6 Å². The van der Waals surface area contributed by atoms with E-state index in [1.54, 1.807) is 0 Å². The van der Waals surface area contributed by atoms with Crippen molar-refractivity contribution >= 4 is 11.9 Å². The van der Waals surface area contributed by atoms with Crippen LogP contribution in [-0.2, 0) is 16.1 Å². The Hall–Kier alpha value is -2.76. The Balaban J connectivity index is 1.79.